The van der Waals surface area contributed by atoms with Crippen molar-refractivity contribution >= 4 is 58.5 Å². The fourth-order valence-electron chi connectivity index (χ4n) is 3.60. The largest absolute Gasteiger partial charge is 0.480 e. The van der Waals surface area contributed by atoms with E-state index >= 15 is 0 Å². The lowest BCUT2D eigenvalue weighted by Gasteiger charge is -2.36. The van der Waals surface area contributed by atoms with Gasteiger partial charge in [0.1, 0.15) is 22.3 Å². The summed E-state index contributed by atoms with van der Waals surface area (Å²) in [6.07, 6.45) is 5.14. The van der Waals surface area contributed by atoms with Crippen LogP contribution in [0.2, 0.25) is 0 Å². The monoisotopic (exact) mass is 570 g/mol. The topological polar surface area (TPSA) is 154 Å². The first-order valence-corrected chi connectivity index (χ1v) is 14.0. The SMILES string of the molecule is CSc1nc(N)nc2c1ncn2C1CC(COP(=O)(NC(C)C(=O)O)Oc2ccc(Br)cc2)C1. The number of anilines is 1. The van der Waals surface area contributed by atoms with Gasteiger partial charge in [0.25, 0.3) is 0 Å². The number of benzene rings is 1. The molecule has 34 heavy (non-hydrogen) atoms. The van der Waals surface area contributed by atoms with Crippen LogP contribution in [-0.4, -0.2) is 49.5 Å². The van der Waals surface area contributed by atoms with E-state index in [2.05, 4.69) is 36.0 Å². The number of halogens is 1. The van der Waals surface area contributed by atoms with E-state index in [1.807, 2.05) is 10.8 Å². The van der Waals surface area contributed by atoms with E-state index in [0.717, 1.165) is 22.3 Å². The van der Waals surface area contributed by atoms with Gasteiger partial charge >= 0.3 is 13.7 Å². The van der Waals surface area contributed by atoms with Gasteiger partial charge in [0, 0.05) is 10.5 Å². The number of nitrogen functional groups attached to an aromatic ring is 1. The Morgan fingerprint density at radius 3 is 2.74 bits per heavy atom. The predicted molar refractivity (Wildman–Crippen MR) is 132 cm³/mol. The zero-order valence-corrected chi connectivity index (χ0v) is 21.7. The third-order valence-electron chi connectivity index (χ3n) is 5.45. The highest BCUT2D eigenvalue weighted by molar-refractivity contribution is 9.10. The lowest BCUT2D eigenvalue weighted by molar-refractivity contribution is -0.138. The van der Waals surface area contributed by atoms with Gasteiger partial charge in [0.05, 0.1) is 12.9 Å². The summed E-state index contributed by atoms with van der Waals surface area (Å²) in [4.78, 5) is 24.3. The fourth-order valence-corrected chi connectivity index (χ4v) is 5.96. The van der Waals surface area contributed by atoms with Crippen molar-refractivity contribution in [2.75, 3.05) is 18.6 Å². The Morgan fingerprint density at radius 1 is 1.38 bits per heavy atom. The van der Waals surface area contributed by atoms with E-state index in [1.54, 1.807) is 30.6 Å². The maximum Gasteiger partial charge on any atom is 0.459 e. The van der Waals surface area contributed by atoms with Crippen LogP contribution in [0.3, 0.4) is 0 Å². The van der Waals surface area contributed by atoms with E-state index in [-0.39, 0.29) is 24.5 Å². The van der Waals surface area contributed by atoms with Crippen LogP contribution in [0.15, 0.2) is 40.1 Å². The van der Waals surface area contributed by atoms with Crippen molar-refractivity contribution in [2.24, 2.45) is 5.92 Å². The van der Waals surface area contributed by atoms with Crippen molar-refractivity contribution in [3.63, 3.8) is 0 Å². The lowest BCUT2D eigenvalue weighted by atomic mass is 9.81. The Morgan fingerprint density at radius 2 is 2.09 bits per heavy atom. The second-order valence-electron chi connectivity index (χ2n) is 7.93. The number of carbonyl (C=O) groups is 1. The quantitative estimate of drug-likeness (QED) is 0.183. The molecule has 11 nitrogen and oxygen atoms in total. The number of hydrogen-bond acceptors (Lipinski definition) is 9. The Labute approximate surface area is 208 Å². The molecule has 182 valence electrons. The number of thioether (sulfide) groups is 1. The van der Waals surface area contributed by atoms with Crippen molar-refractivity contribution in [2.45, 2.75) is 36.9 Å². The standard InChI is InChI=1S/C20H24BrN6O5PS/c1-11(19(28)29)26-33(30,32-15-5-3-13(21)4-6-15)31-9-12-7-14(8-12)27-10-23-16-17(27)24-20(22)25-18(16)34-2/h3-6,10-12,14H,7-9H2,1-2H3,(H,26,30)(H,28,29)(H2,22,24,25). The van der Waals surface area contributed by atoms with Gasteiger partial charge in [-0.1, -0.05) is 15.9 Å². The molecule has 1 aliphatic rings. The summed E-state index contributed by atoms with van der Waals surface area (Å²) in [6.45, 7) is 1.52. The number of hydrogen-bond donors (Lipinski definition) is 3. The smallest absolute Gasteiger partial charge is 0.459 e. The van der Waals surface area contributed by atoms with Crippen LogP contribution in [0.1, 0.15) is 25.8 Å². The fraction of sp³-hybridized carbons (Fsp3) is 0.400. The van der Waals surface area contributed by atoms with Crippen LogP contribution in [0.25, 0.3) is 11.2 Å². The van der Waals surface area contributed by atoms with Crippen LogP contribution in [0.4, 0.5) is 5.95 Å². The minimum Gasteiger partial charge on any atom is -0.480 e. The maximum atomic E-state index is 13.3. The summed E-state index contributed by atoms with van der Waals surface area (Å²) in [6, 6.07) is 5.71. The minimum absolute atomic E-state index is 0.102. The van der Waals surface area contributed by atoms with Crippen molar-refractivity contribution < 1.29 is 23.5 Å². The number of aliphatic carboxylic acids is 1. The van der Waals surface area contributed by atoms with Gasteiger partial charge in [0.2, 0.25) is 5.95 Å². The number of fused-ring (bicyclic) bond motifs is 1. The van der Waals surface area contributed by atoms with Crippen LogP contribution >= 0.6 is 35.4 Å². The number of nitrogens with zero attached hydrogens (tertiary/aromatic N) is 4. The van der Waals surface area contributed by atoms with Crippen molar-refractivity contribution in [3.05, 3.63) is 35.1 Å². The van der Waals surface area contributed by atoms with Crippen LogP contribution in [0, 0.1) is 5.92 Å². The second-order valence-corrected chi connectivity index (χ2v) is 11.3. The predicted octanol–water partition coefficient (Wildman–Crippen LogP) is 4.11. The maximum absolute atomic E-state index is 13.3. The summed E-state index contributed by atoms with van der Waals surface area (Å²) in [7, 11) is -3.94. The summed E-state index contributed by atoms with van der Waals surface area (Å²) in [5.74, 6) is -0.562. The van der Waals surface area contributed by atoms with Crippen molar-refractivity contribution in [1.29, 1.82) is 0 Å². The van der Waals surface area contributed by atoms with Gasteiger partial charge in [0.15, 0.2) is 5.65 Å². The third kappa shape index (κ3) is 5.55. The van der Waals surface area contributed by atoms with Crippen molar-refractivity contribution in [1.82, 2.24) is 24.6 Å². The highest BCUT2D eigenvalue weighted by atomic mass is 79.9. The molecule has 14 heteroatoms. The molecule has 2 aromatic heterocycles. The average molecular weight is 571 g/mol. The number of carboxylic acid groups (broad SMARTS) is 1. The highest BCUT2D eigenvalue weighted by Crippen LogP contribution is 2.48. The number of aromatic nitrogens is 4. The van der Waals surface area contributed by atoms with Crippen LogP contribution in [0.5, 0.6) is 5.75 Å². The zero-order valence-electron chi connectivity index (χ0n) is 18.4. The van der Waals surface area contributed by atoms with Crippen LogP contribution in [-0.2, 0) is 13.9 Å². The number of nitrogens with one attached hydrogen (secondary N) is 1. The molecule has 1 aromatic carbocycles. The molecule has 3 aromatic rings. The Bertz CT molecular complexity index is 1240. The third-order valence-corrected chi connectivity index (χ3v) is 8.29. The van der Waals surface area contributed by atoms with Gasteiger partial charge in [-0.05, 0) is 56.2 Å². The Kier molecular flexibility index (Phi) is 7.48. The summed E-state index contributed by atoms with van der Waals surface area (Å²) in [5.41, 5.74) is 7.24. The van der Waals surface area contributed by atoms with Gasteiger partial charge in [-0.25, -0.2) is 14.5 Å². The first-order valence-electron chi connectivity index (χ1n) is 10.4. The van der Waals surface area contributed by atoms with Gasteiger partial charge in [-0.15, -0.1) is 11.8 Å². The van der Waals surface area contributed by atoms with Gasteiger partial charge in [-0.2, -0.15) is 10.1 Å². The highest BCUT2D eigenvalue weighted by Gasteiger charge is 2.37. The molecule has 4 N–H and O–H groups in total. The van der Waals surface area contributed by atoms with Crippen molar-refractivity contribution in [3.8, 4) is 5.75 Å². The molecule has 1 saturated carbocycles. The molecule has 0 bridgehead atoms. The molecule has 2 heterocycles. The van der Waals surface area contributed by atoms with Crippen LogP contribution < -0.4 is 15.3 Å². The molecule has 0 spiro atoms. The molecule has 0 saturated heterocycles. The number of nitrogens with two attached hydrogens (primary N) is 1. The van der Waals surface area contributed by atoms with E-state index in [9.17, 15) is 14.5 Å². The summed E-state index contributed by atoms with van der Waals surface area (Å²) < 4.78 is 27.4. The molecular weight excluding hydrogens is 547 g/mol. The number of rotatable bonds is 10. The Hall–Kier alpha value is -2.18. The molecule has 2 atom stereocenters. The molecule has 2 unspecified atom stereocenters. The second kappa shape index (κ2) is 10.2. The molecule has 4 rings (SSSR count). The summed E-state index contributed by atoms with van der Waals surface area (Å²) >= 11 is 4.79. The number of imidazole rings is 1. The molecular formula is C20H24BrN6O5PS. The molecule has 0 aliphatic heterocycles. The van der Waals surface area contributed by atoms with Gasteiger partial charge in [-0.3, -0.25) is 9.32 Å². The normalized spacial score (nSPS) is 20.4. The number of carboxylic acids is 1. The molecule has 0 radical (unpaired) electrons. The zero-order chi connectivity index (χ0) is 24.5. The first-order chi connectivity index (χ1) is 16.2. The van der Waals surface area contributed by atoms with E-state index < -0.39 is 19.8 Å². The summed E-state index contributed by atoms with van der Waals surface area (Å²) in [5, 5.41) is 12.5. The molecule has 0 amide bonds. The minimum atomic E-state index is -3.94. The Balaban J connectivity index is 1.41. The lowest BCUT2D eigenvalue weighted by Crippen LogP contribution is -2.35. The van der Waals surface area contributed by atoms with E-state index in [0.29, 0.717) is 16.9 Å². The van der Waals surface area contributed by atoms with E-state index in [4.69, 9.17) is 14.8 Å². The van der Waals surface area contributed by atoms with E-state index in [1.165, 1.54) is 18.7 Å². The van der Waals surface area contributed by atoms with Gasteiger partial charge < -0.3 is 19.9 Å². The average Bonchev–Trinajstić information content (AvgIpc) is 3.17. The molecule has 1 fully saturated rings. The molecule has 1 aliphatic carbocycles. The first kappa shape index (κ1) is 24.9.